The summed E-state index contributed by atoms with van der Waals surface area (Å²) in [6, 6.07) is 5.22. The third-order valence-corrected chi connectivity index (χ3v) is 6.96. The van der Waals surface area contributed by atoms with Crippen LogP contribution in [0.4, 0.5) is 0 Å². The normalized spacial score (nSPS) is 27.5. The maximum atomic E-state index is 12.8. The fraction of sp³-hybridized carbons (Fsp3) is 0.538. The van der Waals surface area contributed by atoms with Crippen LogP contribution in [0, 0.1) is 5.92 Å². The molecule has 4 nitrogen and oxygen atoms in total. The molecule has 0 spiro atoms. The fourth-order valence-corrected chi connectivity index (χ4v) is 5.69. The van der Waals surface area contributed by atoms with Gasteiger partial charge in [-0.1, -0.05) is 29.3 Å². The summed E-state index contributed by atoms with van der Waals surface area (Å²) in [5, 5.41) is 3.79. The number of benzene rings is 1. The summed E-state index contributed by atoms with van der Waals surface area (Å²) in [4.78, 5) is 0.0349. The molecule has 0 radical (unpaired) electrons. The lowest BCUT2D eigenvalue weighted by Crippen LogP contribution is -2.46. The van der Waals surface area contributed by atoms with Crippen molar-refractivity contribution in [1.82, 2.24) is 9.62 Å². The highest BCUT2D eigenvalue weighted by molar-refractivity contribution is 7.89. The number of hydrogen-bond donors (Lipinski definition) is 1. The first-order valence-corrected chi connectivity index (χ1v) is 8.87. The van der Waals surface area contributed by atoms with E-state index in [1.54, 1.807) is 18.2 Å². The van der Waals surface area contributed by atoms with Gasteiger partial charge in [0.25, 0.3) is 0 Å². The molecule has 110 valence electrons. The highest BCUT2D eigenvalue weighted by Crippen LogP contribution is 2.34. The molecule has 2 unspecified atom stereocenters. The van der Waals surface area contributed by atoms with Gasteiger partial charge in [0.15, 0.2) is 0 Å². The van der Waals surface area contributed by atoms with E-state index in [-0.39, 0.29) is 14.9 Å². The average Bonchev–Trinajstić information content (AvgIpc) is 2.85. The summed E-state index contributed by atoms with van der Waals surface area (Å²) >= 11 is 12.1. The third-order valence-electron chi connectivity index (χ3n) is 4.14. The minimum Gasteiger partial charge on any atom is -0.314 e. The predicted molar refractivity (Wildman–Crippen MR) is 79.7 cm³/mol. The van der Waals surface area contributed by atoms with Gasteiger partial charge in [0.2, 0.25) is 10.0 Å². The molecule has 2 aliphatic rings. The van der Waals surface area contributed by atoms with Crippen LogP contribution in [0.5, 0.6) is 0 Å². The Hall–Kier alpha value is -0.330. The van der Waals surface area contributed by atoms with Crippen LogP contribution in [0.25, 0.3) is 0 Å². The smallest absolute Gasteiger partial charge is 0.246 e. The fourth-order valence-electron chi connectivity index (χ4n) is 3.09. The van der Waals surface area contributed by atoms with Crippen LogP contribution in [0.1, 0.15) is 12.8 Å². The second-order valence-electron chi connectivity index (χ2n) is 5.31. The van der Waals surface area contributed by atoms with E-state index < -0.39 is 10.0 Å². The monoisotopic (exact) mass is 334 g/mol. The van der Waals surface area contributed by atoms with E-state index in [2.05, 4.69) is 5.32 Å². The van der Waals surface area contributed by atoms with Crippen molar-refractivity contribution in [2.75, 3.05) is 19.6 Å². The number of hydrogen-bond acceptors (Lipinski definition) is 3. The average molecular weight is 335 g/mol. The van der Waals surface area contributed by atoms with Crippen molar-refractivity contribution in [3.63, 3.8) is 0 Å². The number of halogens is 2. The zero-order valence-electron chi connectivity index (χ0n) is 10.9. The van der Waals surface area contributed by atoms with E-state index in [4.69, 9.17) is 23.2 Å². The topological polar surface area (TPSA) is 49.4 Å². The molecular formula is C13H16Cl2N2O2S. The third kappa shape index (κ3) is 2.46. The van der Waals surface area contributed by atoms with Crippen LogP contribution < -0.4 is 5.32 Å². The second kappa shape index (κ2) is 5.46. The number of fused-ring (bicyclic) bond motifs is 1. The Balaban J connectivity index is 1.92. The molecule has 0 amide bonds. The maximum absolute atomic E-state index is 12.8. The predicted octanol–water partition coefficient (Wildman–Crippen LogP) is 2.37. The highest BCUT2D eigenvalue weighted by atomic mass is 35.5. The minimum atomic E-state index is -3.62. The van der Waals surface area contributed by atoms with Gasteiger partial charge in [-0.25, -0.2) is 8.42 Å². The summed E-state index contributed by atoms with van der Waals surface area (Å²) in [5.41, 5.74) is 0. The Bertz CT molecular complexity index is 601. The van der Waals surface area contributed by atoms with E-state index in [1.165, 1.54) is 4.31 Å². The molecule has 0 bridgehead atoms. The van der Waals surface area contributed by atoms with Crippen molar-refractivity contribution < 1.29 is 8.42 Å². The molecule has 2 fully saturated rings. The van der Waals surface area contributed by atoms with Crippen LogP contribution in [0.3, 0.4) is 0 Å². The summed E-state index contributed by atoms with van der Waals surface area (Å²) in [6.45, 7) is 2.02. The Morgan fingerprint density at radius 1 is 1.20 bits per heavy atom. The Labute approximate surface area is 129 Å². The molecule has 0 aliphatic carbocycles. The molecule has 2 saturated heterocycles. The van der Waals surface area contributed by atoms with Crippen molar-refractivity contribution in [1.29, 1.82) is 0 Å². The van der Waals surface area contributed by atoms with Gasteiger partial charge in [0, 0.05) is 19.1 Å². The van der Waals surface area contributed by atoms with Crippen LogP contribution in [0.2, 0.25) is 10.0 Å². The van der Waals surface area contributed by atoms with Gasteiger partial charge in [-0.15, -0.1) is 0 Å². The zero-order valence-corrected chi connectivity index (χ0v) is 13.2. The van der Waals surface area contributed by atoms with Crippen molar-refractivity contribution in [3.05, 3.63) is 28.2 Å². The first kappa shape index (κ1) is 14.6. The highest BCUT2D eigenvalue weighted by Gasteiger charge is 2.38. The lowest BCUT2D eigenvalue weighted by Gasteiger charge is -2.34. The van der Waals surface area contributed by atoms with Gasteiger partial charge in [0.05, 0.1) is 10.0 Å². The number of nitrogens with one attached hydrogen (secondary N) is 1. The minimum absolute atomic E-state index is 0.0349. The van der Waals surface area contributed by atoms with E-state index in [1.807, 2.05) is 0 Å². The van der Waals surface area contributed by atoms with Crippen molar-refractivity contribution in [2.45, 2.75) is 23.8 Å². The molecule has 1 aromatic rings. The molecule has 0 saturated carbocycles. The van der Waals surface area contributed by atoms with Gasteiger partial charge in [-0.3, -0.25) is 0 Å². The molecule has 1 N–H and O–H groups in total. The van der Waals surface area contributed by atoms with Crippen LogP contribution in [-0.2, 0) is 10.0 Å². The molecule has 3 rings (SSSR count). The molecule has 20 heavy (non-hydrogen) atoms. The number of sulfonamides is 1. The van der Waals surface area contributed by atoms with Crippen LogP contribution in [0.15, 0.2) is 23.1 Å². The quantitative estimate of drug-likeness (QED) is 0.903. The first-order valence-electron chi connectivity index (χ1n) is 6.67. The Morgan fingerprint density at radius 3 is 2.60 bits per heavy atom. The number of rotatable bonds is 2. The summed E-state index contributed by atoms with van der Waals surface area (Å²) < 4.78 is 27.0. The Morgan fingerprint density at radius 2 is 1.90 bits per heavy atom. The maximum Gasteiger partial charge on any atom is 0.246 e. The van der Waals surface area contributed by atoms with Gasteiger partial charge in [-0.05, 0) is 37.4 Å². The van der Waals surface area contributed by atoms with Gasteiger partial charge < -0.3 is 5.32 Å². The van der Waals surface area contributed by atoms with Gasteiger partial charge in [0.1, 0.15) is 4.90 Å². The van der Waals surface area contributed by atoms with Crippen molar-refractivity contribution >= 4 is 33.2 Å². The lowest BCUT2D eigenvalue weighted by molar-refractivity contribution is 0.247. The van der Waals surface area contributed by atoms with Crippen LogP contribution >= 0.6 is 23.2 Å². The van der Waals surface area contributed by atoms with E-state index in [0.29, 0.717) is 25.0 Å². The summed E-state index contributed by atoms with van der Waals surface area (Å²) in [5.74, 6) is 0.389. The summed E-state index contributed by atoms with van der Waals surface area (Å²) in [7, 11) is -3.62. The lowest BCUT2D eigenvalue weighted by atomic mass is 9.95. The largest absolute Gasteiger partial charge is 0.314 e. The van der Waals surface area contributed by atoms with Crippen LogP contribution in [-0.4, -0.2) is 38.4 Å². The first-order chi connectivity index (χ1) is 9.50. The van der Waals surface area contributed by atoms with Gasteiger partial charge >= 0.3 is 0 Å². The second-order valence-corrected chi connectivity index (χ2v) is 8.00. The summed E-state index contributed by atoms with van der Waals surface area (Å²) in [6.07, 6.45) is 1.86. The van der Waals surface area contributed by atoms with Gasteiger partial charge in [-0.2, -0.15) is 4.31 Å². The van der Waals surface area contributed by atoms with Crippen molar-refractivity contribution in [2.24, 2.45) is 5.92 Å². The standard InChI is InChI=1S/C13H16Cl2N2O2S/c14-10-2-1-3-11(15)13(10)20(18,19)17-7-5-12-9(8-17)4-6-16-12/h1-3,9,12,16H,4-8H2. The Kier molecular flexibility index (Phi) is 3.99. The molecular weight excluding hydrogens is 319 g/mol. The molecule has 0 aromatic heterocycles. The molecule has 2 aliphatic heterocycles. The molecule has 2 heterocycles. The van der Waals surface area contributed by atoms with E-state index in [0.717, 1.165) is 19.4 Å². The SMILES string of the molecule is O=S(=O)(c1c(Cl)cccc1Cl)N1CCC2NCCC2C1. The van der Waals surface area contributed by atoms with E-state index >= 15 is 0 Å². The number of piperidine rings is 1. The molecule has 1 aromatic carbocycles. The zero-order chi connectivity index (χ0) is 14.3. The van der Waals surface area contributed by atoms with Crippen molar-refractivity contribution in [3.8, 4) is 0 Å². The molecule has 2 atom stereocenters. The number of nitrogens with zero attached hydrogens (tertiary/aromatic N) is 1. The molecule has 7 heteroatoms. The van der Waals surface area contributed by atoms with E-state index in [9.17, 15) is 8.42 Å².